The smallest absolute Gasteiger partial charge is 0.264 e. The minimum atomic E-state index is -4.16. The number of hydrogen-bond acceptors (Lipinski definition) is 6. The van der Waals surface area contributed by atoms with Gasteiger partial charge in [0.05, 0.1) is 23.4 Å². The summed E-state index contributed by atoms with van der Waals surface area (Å²) >= 11 is 12.1. The van der Waals surface area contributed by atoms with Gasteiger partial charge in [0.1, 0.15) is 12.3 Å². The first kappa shape index (κ1) is 30.6. The van der Waals surface area contributed by atoms with Crippen molar-refractivity contribution in [2.24, 2.45) is 5.10 Å². The fraction of sp³-hybridized carbons (Fsp3) is 0.100. The molecular formula is C30H26Cl2N4O5S. The molecule has 2 amide bonds. The van der Waals surface area contributed by atoms with Crippen molar-refractivity contribution in [2.75, 3.05) is 23.3 Å². The first-order valence-corrected chi connectivity index (χ1v) is 14.7. The molecule has 0 saturated carbocycles. The molecule has 0 radical (unpaired) electrons. The van der Waals surface area contributed by atoms with Crippen LogP contribution in [0.3, 0.4) is 0 Å². The number of hydrogen-bond donors (Lipinski definition) is 2. The summed E-state index contributed by atoms with van der Waals surface area (Å²) in [6, 6.07) is 25.5. The van der Waals surface area contributed by atoms with Gasteiger partial charge in [0, 0.05) is 21.3 Å². The van der Waals surface area contributed by atoms with Gasteiger partial charge in [-0.05, 0) is 85.3 Å². The number of nitrogens with zero attached hydrogens (tertiary/aromatic N) is 2. The maximum atomic E-state index is 13.6. The lowest BCUT2D eigenvalue weighted by Crippen LogP contribution is -2.39. The Labute approximate surface area is 253 Å². The predicted octanol–water partition coefficient (Wildman–Crippen LogP) is 5.99. The van der Waals surface area contributed by atoms with Crippen LogP contribution in [0, 0.1) is 0 Å². The molecule has 0 aliphatic rings. The molecule has 0 saturated heterocycles. The number of rotatable bonds is 10. The van der Waals surface area contributed by atoms with Crippen LogP contribution in [-0.2, 0) is 14.8 Å². The zero-order chi connectivity index (χ0) is 30.3. The summed E-state index contributed by atoms with van der Waals surface area (Å²) < 4.78 is 33.2. The zero-order valence-corrected chi connectivity index (χ0v) is 24.9. The minimum absolute atomic E-state index is 0.0348. The predicted molar refractivity (Wildman–Crippen MR) is 165 cm³/mol. The van der Waals surface area contributed by atoms with Crippen molar-refractivity contribution < 1.29 is 22.7 Å². The molecule has 0 aromatic heterocycles. The average molecular weight is 626 g/mol. The second-order valence-corrected chi connectivity index (χ2v) is 11.7. The van der Waals surface area contributed by atoms with Crippen molar-refractivity contribution in [3.8, 4) is 5.75 Å². The van der Waals surface area contributed by atoms with E-state index in [2.05, 4.69) is 15.8 Å². The minimum Gasteiger partial charge on any atom is -0.497 e. The molecular weight excluding hydrogens is 599 g/mol. The van der Waals surface area contributed by atoms with E-state index in [1.807, 2.05) is 0 Å². The van der Waals surface area contributed by atoms with Gasteiger partial charge in [0.25, 0.3) is 21.8 Å². The molecule has 0 unspecified atom stereocenters. The lowest BCUT2D eigenvalue weighted by molar-refractivity contribution is -0.119. The topological polar surface area (TPSA) is 117 Å². The summed E-state index contributed by atoms with van der Waals surface area (Å²) in [6.45, 7) is 1.10. The van der Waals surface area contributed by atoms with Gasteiger partial charge >= 0.3 is 0 Å². The number of anilines is 2. The number of halogens is 2. The van der Waals surface area contributed by atoms with Gasteiger partial charge in [-0.1, -0.05) is 47.5 Å². The highest BCUT2D eigenvalue weighted by Gasteiger charge is 2.27. The molecule has 0 atom stereocenters. The van der Waals surface area contributed by atoms with Gasteiger partial charge in [0.15, 0.2) is 0 Å². The van der Waals surface area contributed by atoms with E-state index in [-0.39, 0.29) is 16.5 Å². The van der Waals surface area contributed by atoms with Crippen molar-refractivity contribution >= 4 is 62.1 Å². The van der Waals surface area contributed by atoms with Gasteiger partial charge in [-0.3, -0.25) is 13.9 Å². The Morgan fingerprint density at radius 3 is 2.17 bits per heavy atom. The van der Waals surface area contributed by atoms with Gasteiger partial charge in [-0.25, -0.2) is 13.8 Å². The molecule has 4 rings (SSSR count). The first-order valence-electron chi connectivity index (χ1n) is 12.5. The van der Waals surface area contributed by atoms with Crippen LogP contribution in [0.2, 0.25) is 10.0 Å². The number of amides is 2. The third-order valence-corrected chi connectivity index (χ3v) is 8.26. The zero-order valence-electron chi connectivity index (χ0n) is 22.5. The first-order chi connectivity index (χ1) is 20.1. The average Bonchev–Trinajstić information content (AvgIpc) is 2.98. The van der Waals surface area contributed by atoms with Crippen molar-refractivity contribution in [3.63, 3.8) is 0 Å². The number of hydrazone groups is 1. The maximum Gasteiger partial charge on any atom is 0.264 e. The van der Waals surface area contributed by atoms with Crippen LogP contribution in [0.15, 0.2) is 107 Å². The number of methoxy groups -OCH3 is 1. The summed E-state index contributed by atoms with van der Waals surface area (Å²) in [5.74, 6) is -0.535. The van der Waals surface area contributed by atoms with E-state index in [0.29, 0.717) is 38.3 Å². The fourth-order valence-corrected chi connectivity index (χ4v) is 5.64. The van der Waals surface area contributed by atoms with Crippen LogP contribution in [0.4, 0.5) is 11.4 Å². The third-order valence-electron chi connectivity index (χ3n) is 6.00. The van der Waals surface area contributed by atoms with Crippen molar-refractivity contribution in [3.05, 3.63) is 118 Å². The number of sulfonamides is 1. The summed E-state index contributed by atoms with van der Waals surface area (Å²) in [5, 5.41) is 7.70. The maximum absolute atomic E-state index is 13.6. The molecule has 216 valence electrons. The molecule has 42 heavy (non-hydrogen) atoms. The van der Waals surface area contributed by atoms with Gasteiger partial charge in [-0.15, -0.1) is 0 Å². The van der Waals surface area contributed by atoms with Crippen LogP contribution >= 0.6 is 23.2 Å². The summed E-state index contributed by atoms with van der Waals surface area (Å²) in [5.41, 5.74) is 4.58. The van der Waals surface area contributed by atoms with E-state index >= 15 is 0 Å². The lowest BCUT2D eigenvalue weighted by Gasteiger charge is -2.24. The van der Waals surface area contributed by atoms with Crippen LogP contribution in [0.5, 0.6) is 5.75 Å². The highest BCUT2D eigenvalue weighted by Crippen LogP contribution is 2.27. The molecule has 0 fully saturated rings. The standard InChI is InChI=1S/C30H26Cl2N4O5S/c1-20(21-6-4-10-25(17-21)33-30(38)22-7-3-8-23(31)16-22)34-35-29(37)19-36(26-11-5-9-24(32)18-26)42(39,40)28-14-12-27(41-2)13-15-28/h3-18H,19H2,1-2H3,(H,33,38)(H,35,37)/b34-20-. The number of carbonyl (C=O) groups is 2. The van der Waals surface area contributed by atoms with E-state index in [1.165, 1.54) is 43.5 Å². The van der Waals surface area contributed by atoms with Crippen molar-refractivity contribution in [1.29, 1.82) is 0 Å². The second kappa shape index (κ2) is 13.5. The number of carbonyl (C=O) groups excluding carboxylic acids is 2. The van der Waals surface area contributed by atoms with E-state index < -0.39 is 22.5 Å². The van der Waals surface area contributed by atoms with Crippen LogP contribution in [0.1, 0.15) is 22.8 Å². The SMILES string of the molecule is COc1ccc(S(=O)(=O)N(CC(=O)N/N=C(/C)c2cccc(NC(=O)c3cccc(Cl)c3)c2)c2cccc(Cl)c2)cc1. The molecule has 0 heterocycles. The van der Waals surface area contributed by atoms with E-state index in [9.17, 15) is 18.0 Å². The van der Waals surface area contributed by atoms with Crippen LogP contribution in [-0.4, -0.2) is 39.6 Å². The molecule has 4 aromatic carbocycles. The van der Waals surface area contributed by atoms with Gasteiger partial charge in [-0.2, -0.15) is 5.10 Å². The molecule has 0 bridgehead atoms. The Balaban J connectivity index is 1.51. The molecule has 12 heteroatoms. The molecule has 9 nitrogen and oxygen atoms in total. The summed E-state index contributed by atoms with van der Waals surface area (Å²) in [6.07, 6.45) is 0. The number of benzene rings is 4. The second-order valence-electron chi connectivity index (χ2n) is 8.94. The van der Waals surface area contributed by atoms with Crippen molar-refractivity contribution in [1.82, 2.24) is 5.43 Å². The number of ether oxygens (including phenoxy) is 1. The Hall–Kier alpha value is -4.38. The highest BCUT2D eigenvalue weighted by molar-refractivity contribution is 7.92. The van der Waals surface area contributed by atoms with Crippen LogP contribution < -0.4 is 19.8 Å². The molecule has 0 aliphatic carbocycles. The van der Waals surface area contributed by atoms with E-state index in [1.54, 1.807) is 67.6 Å². The Kier molecular flexibility index (Phi) is 9.84. The monoisotopic (exact) mass is 624 g/mol. The Bertz CT molecular complexity index is 1740. The van der Waals surface area contributed by atoms with E-state index in [0.717, 1.165) is 4.31 Å². The normalized spacial score (nSPS) is 11.5. The Morgan fingerprint density at radius 2 is 1.50 bits per heavy atom. The van der Waals surface area contributed by atoms with E-state index in [4.69, 9.17) is 27.9 Å². The number of nitrogens with one attached hydrogen (secondary N) is 2. The van der Waals surface area contributed by atoms with Gasteiger partial charge < -0.3 is 10.1 Å². The van der Waals surface area contributed by atoms with Gasteiger partial charge in [0.2, 0.25) is 0 Å². The Morgan fingerprint density at radius 1 is 0.857 bits per heavy atom. The molecule has 0 aliphatic heterocycles. The summed E-state index contributed by atoms with van der Waals surface area (Å²) in [4.78, 5) is 25.5. The summed E-state index contributed by atoms with van der Waals surface area (Å²) in [7, 11) is -2.69. The van der Waals surface area contributed by atoms with Crippen molar-refractivity contribution in [2.45, 2.75) is 11.8 Å². The molecule has 2 N–H and O–H groups in total. The third kappa shape index (κ3) is 7.67. The largest absolute Gasteiger partial charge is 0.497 e. The molecule has 4 aromatic rings. The fourth-order valence-electron chi connectivity index (χ4n) is 3.85. The highest BCUT2D eigenvalue weighted by atomic mass is 35.5. The molecule has 0 spiro atoms. The van der Waals surface area contributed by atoms with Crippen LogP contribution in [0.25, 0.3) is 0 Å². The quantitative estimate of drug-likeness (QED) is 0.166. The lowest BCUT2D eigenvalue weighted by atomic mass is 10.1.